The predicted octanol–water partition coefficient (Wildman–Crippen LogP) is -1.16. The third-order valence-electron chi connectivity index (χ3n) is 6.79. The van der Waals surface area contributed by atoms with E-state index in [1.165, 1.54) is 12.8 Å². The predicted molar refractivity (Wildman–Crippen MR) is 113 cm³/mol. The maximum absolute atomic E-state index is 9.48. The number of aliphatic hydroxyl groups is 2. The second-order valence-corrected chi connectivity index (χ2v) is 8.92. The summed E-state index contributed by atoms with van der Waals surface area (Å²) in [6, 6.07) is 0.687. The number of nitrogens with one attached hydrogen (secondary N) is 4. The molecule has 2 aliphatic heterocycles. The van der Waals surface area contributed by atoms with Gasteiger partial charge in [-0.2, -0.15) is 0 Å². The van der Waals surface area contributed by atoms with Crippen LogP contribution in [0.4, 0.5) is 0 Å². The molecule has 3 fully saturated rings. The highest BCUT2D eigenvalue weighted by molar-refractivity contribution is 5.01. The summed E-state index contributed by atoms with van der Waals surface area (Å²) in [6.45, 7) is 7.47. The molecule has 1 aliphatic carbocycles. The smallest absolute Gasteiger partial charge is 0.117 e. The Balaban J connectivity index is 1.63. The molecule has 2 heterocycles. The van der Waals surface area contributed by atoms with Crippen molar-refractivity contribution in [3.05, 3.63) is 0 Å². The van der Waals surface area contributed by atoms with Gasteiger partial charge in [0.25, 0.3) is 0 Å². The molecule has 3 aliphatic rings. The largest absolute Gasteiger partial charge is 0.395 e. The zero-order chi connectivity index (χ0) is 20.8. The Bertz CT molecular complexity index is 471. The van der Waals surface area contributed by atoms with Crippen LogP contribution in [0.1, 0.15) is 39.5 Å². The molecule has 0 aromatic rings. The van der Waals surface area contributed by atoms with Crippen LogP contribution >= 0.6 is 0 Å². The van der Waals surface area contributed by atoms with Gasteiger partial charge in [-0.25, -0.2) is 0 Å². The van der Waals surface area contributed by atoms with E-state index in [1.807, 2.05) is 7.11 Å². The summed E-state index contributed by atoms with van der Waals surface area (Å²) in [5, 5.41) is 33.8. The first-order valence-electron chi connectivity index (χ1n) is 11.3. The van der Waals surface area contributed by atoms with Gasteiger partial charge in [0.15, 0.2) is 0 Å². The van der Waals surface area contributed by atoms with Gasteiger partial charge in [0.1, 0.15) is 6.29 Å². The highest BCUT2D eigenvalue weighted by atomic mass is 16.5. The third kappa shape index (κ3) is 5.87. The summed E-state index contributed by atoms with van der Waals surface area (Å²) in [6.07, 6.45) is 5.37. The molecule has 1 saturated carbocycles. The molecular weight excluding hydrogens is 372 g/mol. The first-order chi connectivity index (χ1) is 14.1. The van der Waals surface area contributed by atoms with Gasteiger partial charge in [0.2, 0.25) is 0 Å². The van der Waals surface area contributed by atoms with Gasteiger partial charge in [-0.3, -0.25) is 25.8 Å². The molecule has 4 atom stereocenters. The highest BCUT2D eigenvalue weighted by Crippen LogP contribution is 2.26. The molecule has 9 nitrogen and oxygen atoms in total. The van der Waals surface area contributed by atoms with Crippen LogP contribution in [-0.2, 0) is 4.74 Å². The third-order valence-corrected chi connectivity index (χ3v) is 6.79. The first-order valence-corrected chi connectivity index (χ1v) is 11.3. The monoisotopic (exact) mass is 414 g/mol. The minimum atomic E-state index is -0.0987. The topological polar surface area (TPSA) is 104 Å². The number of rotatable bonds is 10. The average molecular weight is 415 g/mol. The second-order valence-electron chi connectivity index (χ2n) is 8.92. The van der Waals surface area contributed by atoms with Crippen molar-refractivity contribution >= 4 is 0 Å². The van der Waals surface area contributed by atoms with E-state index in [0.717, 1.165) is 26.1 Å². The van der Waals surface area contributed by atoms with Gasteiger partial charge in [0, 0.05) is 26.2 Å². The zero-order valence-corrected chi connectivity index (χ0v) is 18.3. The van der Waals surface area contributed by atoms with Crippen molar-refractivity contribution in [2.24, 2.45) is 5.92 Å². The number of ether oxygens (including phenoxy) is 1. The van der Waals surface area contributed by atoms with Crippen molar-refractivity contribution in [3.63, 3.8) is 0 Å². The molecule has 9 heteroatoms. The minimum Gasteiger partial charge on any atom is -0.395 e. The molecule has 4 unspecified atom stereocenters. The van der Waals surface area contributed by atoms with Crippen LogP contribution in [-0.4, -0.2) is 103 Å². The van der Waals surface area contributed by atoms with Crippen LogP contribution in [0, 0.1) is 5.92 Å². The second kappa shape index (κ2) is 11.3. The Morgan fingerprint density at radius 1 is 1.10 bits per heavy atom. The zero-order valence-electron chi connectivity index (χ0n) is 18.3. The van der Waals surface area contributed by atoms with Crippen LogP contribution in [0.15, 0.2) is 0 Å². The molecule has 29 heavy (non-hydrogen) atoms. The summed E-state index contributed by atoms with van der Waals surface area (Å²) in [7, 11) is 1.82. The number of fused-ring (bicyclic) bond motifs is 1. The molecule has 170 valence electrons. The van der Waals surface area contributed by atoms with Gasteiger partial charge in [-0.15, -0.1) is 0 Å². The summed E-state index contributed by atoms with van der Waals surface area (Å²) in [5.74, 6) is 0.684. The van der Waals surface area contributed by atoms with Crippen molar-refractivity contribution in [1.29, 1.82) is 0 Å². The average Bonchev–Trinajstić information content (AvgIpc) is 3.16. The summed E-state index contributed by atoms with van der Waals surface area (Å²) >= 11 is 0. The summed E-state index contributed by atoms with van der Waals surface area (Å²) in [5.41, 5.74) is 0. The van der Waals surface area contributed by atoms with Crippen LogP contribution < -0.4 is 21.3 Å². The number of hydrogen-bond donors (Lipinski definition) is 6. The lowest BCUT2D eigenvalue weighted by atomic mass is 9.87. The fourth-order valence-corrected chi connectivity index (χ4v) is 5.00. The number of methoxy groups -OCH3 is 1. The van der Waals surface area contributed by atoms with Crippen molar-refractivity contribution in [3.8, 4) is 0 Å². The molecule has 2 saturated heterocycles. The molecular formula is C20H42N6O3. The fraction of sp³-hybridized carbons (Fsp3) is 1.00. The van der Waals surface area contributed by atoms with Gasteiger partial charge >= 0.3 is 0 Å². The van der Waals surface area contributed by atoms with E-state index in [2.05, 4.69) is 44.9 Å². The molecule has 3 rings (SSSR count). The maximum Gasteiger partial charge on any atom is 0.117 e. The van der Waals surface area contributed by atoms with E-state index in [0.29, 0.717) is 31.2 Å². The molecule has 0 amide bonds. The molecule has 0 spiro atoms. The van der Waals surface area contributed by atoms with Crippen molar-refractivity contribution in [2.75, 3.05) is 46.6 Å². The molecule has 0 aromatic heterocycles. The number of hydrogen-bond acceptors (Lipinski definition) is 9. The number of aliphatic hydroxyl groups excluding tert-OH is 2. The van der Waals surface area contributed by atoms with E-state index in [4.69, 9.17) is 4.74 Å². The normalized spacial score (nSPS) is 36.1. The summed E-state index contributed by atoms with van der Waals surface area (Å²) < 4.78 is 5.51. The Hall–Kier alpha value is -0.360. The van der Waals surface area contributed by atoms with Crippen LogP contribution in [0.25, 0.3) is 0 Å². The molecule has 0 radical (unpaired) electrons. The van der Waals surface area contributed by atoms with E-state index in [-0.39, 0.29) is 37.9 Å². The Labute approximate surface area is 175 Å². The van der Waals surface area contributed by atoms with Crippen LogP contribution in [0.2, 0.25) is 0 Å². The van der Waals surface area contributed by atoms with Crippen LogP contribution in [0.3, 0.4) is 0 Å². The quantitative estimate of drug-likeness (QED) is 0.264. The maximum atomic E-state index is 9.48. The Morgan fingerprint density at radius 2 is 1.79 bits per heavy atom. The van der Waals surface area contributed by atoms with Crippen molar-refractivity contribution in [2.45, 2.75) is 76.3 Å². The SMILES string of the molecule is COC1CCC(CNC2NC(N(CCO)CCO)NC3C2NCN3C(C)C)CC1. The lowest BCUT2D eigenvalue weighted by Crippen LogP contribution is -2.76. The lowest BCUT2D eigenvalue weighted by Gasteiger charge is -2.47. The van der Waals surface area contributed by atoms with Gasteiger partial charge in [0.05, 0.1) is 44.4 Å². The fourth-order valence-electron chi connectivity index (χ4n) is 5.00. The first kappa shape index (κ1) is 23.3. The highest BCUT2D eigenvalue weighted by Gasteiger charge is 2.45. The van der Waals surface area contributed by atoms with E-state index >= 15 is 0 Å². The van der Waals surface area contributed by atoms with E-state index < -0.39 is 0 Å². The van der Waals surface area contributed by atoms with Gasteiger partial charge in [-0.05, 0) is 52.0 Å². The van der Waals surface area contributed by atoms with Crippen molar-refractivity contribution in [1.82, 2.24) is 31.1 Å². The van der Waals surface area contributed by atoms with Gasteiger partial charge < -0.3 is 20.3 Å². The molecule has 0 bridgehead atoms. The van der Waals surface area contributed by atoms with Crippen molar-refractivity contribution < 1.29 is 14.9 Å². The van der Waals surface area contributed by atoms with E-state index in [1.54, 1.807) is 0 Å². The standard InChI is InChI=1S/C20H42N6O3/c1-14(2)26-13-22-17-18(21-12-15-4-6-16(29-3)7-5-15)23-20(24-19(17)26)25(8-10-27)9-11-28/h14-24,27-28H,4-13H2,1-3H3. The molecule has 0 aromatic carbocycles. The Kier molecular flexibility index (Phi) is 9.09. The minimum absolute atomic E-state index is 0.0704. The Morgan fingerprint density at radius 3 is 2.38 bits per heavy atom. The molecule has 6 N–H and O–H groups in total. The van der Waals surface area contributed by atoms with Gasteiger partial charge in [-0.1, -0.05) is 0 Å². The number of nitrogens with zero attached hydrogens (tertiary/aromatic N) is 2. The summed E-state index contributed by atoms with van der Waals surface area (Å²) in [4.78, 5) is 4.51. The van der Waals surface area contributed by atoms with Crippen LogP contribution in [0.5, 0.6) is 0 Å². The van der Waals surface area contributed by atoms with E-state index in [9.17, 15) is 10.2 Å². The lowest BCUT2D eigenvalue weighted by molar-refractivity contribution is 0.00483.